The normalized spacial score (nSPS) is 16.0. The number of rotatable bonds is 6. The molecule has 2 N–H and O–H groups in total. The van der Waals surface area contributed by atoms with Crippen molar-refractivity contribution in [3.05, 3.63) is 63.8 Å². The SMILES string of the molecule is CCCOc1ccc(/C=N\NC(=O)c2ccc3[nH]c4c(c3c2)CC(C)CC4)cc1Cl. The minimum absolute atomic E-state index is 0.235. The zero-order valence-electron chi connectivity index (χ0n) is 17.3. The Kier molecular flexibility index (Phi) is 6.09. The van der Waals surface area contributed by atoms with Crippen molar-refractivity contribution in [1.82, 2.24) is 10.4 Å². The summed E-state index contributed by atoms with van der Waals surface area (Å²) in [7, 11) is 0. The third-order valence-corrected chi connectivity index (χ3v) is 5.79. The van der Waals surface area contributed by atoms with Crippen LogP contribution in [0, 0.1) is 5.92 Å². The summed E-state index contributed by atoms with van der Waals surface area (Å²) in [6, 6.07) is 11.2. The number of aromatic nitrogens is 1. The Hall–Kier alpha value is -2.79. The van der Waals surface area contributed by atoms with Crippen molar-refractivity contribution in [2.45, 2.75) is 39.5 Å². The van der Waals surface area contributed by atoms with E-state index < -0.39 is 0 Å². The Labute approximate surface area is 181 Å². The largest absolute Gasteiger partial charge is 0.492 e. The number of carbonyl (C=O) groups is 1. The Balaban J connectivity index is 1.45. The highest BCUT2D eigenvalue weighted by Crippen LogP contribution is 2.32. The number of amides is 1. The quantitative estimate of drug-likeness (QED) is 0.406. The summed E-state index contributed by atoms with van der Waals surface area (Å²) in [6.07, 6.45) is 5.82. The number of benzene rings is 2. The lowest BCUT2D eigenvalue weighted by Gasteiger charge is -2.18. The standard InChI is InChI=1S/C24H26ClN3O2/c1-3-10-30-23-9-5-16(12-20(23)25)14-26-28-24(29)17-6-8-22-19(13-17)18-11-15(2)4-7-21(18)27-22/h5-6,8-9,12-15,27H,3-4,7,10-11H2,1-2H3,(H,28,29)/b26-14-. The molecule has 0 saturated carbocycles. The van der Waals surface area contributed by atoms with E-state index in [1.165, 1.54) is 17.7 Å². The molecule has 6 heteroatoms. The molecule has 0 spiro atoms. The van der Waals surface area contributed by atoms with Crippen molar-refractivity contribution in [2.75, 3.05) is 6.61 Å². The van der Waals surface area contributed by atoms with Crippen LogP contribution >= 0.6 is 11.6 Å². The Morgan fingerprint density at radius 3 is 3.00 bits per heavy atom. The zero-order valence-corrected chi connectivity index (χ0v) is 18.1. The molecule has 1 aromatic heterocycles. The van der Waals surface area contributed by atoms with Crippen LogP contribution in [0.5, 0.6) is 5.75 Å². The first-order valence-corrected chi connectivity index (χ1v) is 10.8. The molecule has 1 aliphatic rings. The highest BCUT2D eigenvalue weighted by Gasteiger charge is 2.20. The second-order valence-corrected chi connectivity index (χ2v) is 8.34. The van der Waals surface area contributed by atoms with E-state index >= 15 is 0 Å². The molecule has 1 atom stereocenters. The van der Waals surface area contributed by atoms with Gasteiger partial charge in [-0.2, -0.15) is 5.10 Å². The van der Waals surface area contributed by atoms with Crippen LogP contribution in [0.1, 0.15) is 53.9 Å². The summed E-state index contributed by atoms with van der Waals surface area (Å²) in [5, 5.41) is 5.75. The van der Waals surface area contributed by atoms with E-state index in [9.17, 15) is 4.79 Å². The summed E-state index contributed by atoms with van der Waals surface area (Å²) in [5.41, 5.74) is 7.74. The molecule has 1 aliphatic carbocycles. The van der Waals surface area contributed by atoms with Crippen molar-refractivity contribution in [2.24, 2.45) is 11.0 Å². The Morgan fingerprint density at radius 1 is 1.33 bits per heavy atom. The number of nitrogens with one attached hydrogen (secondary N) is 2. The predicted octanol–water partition coefficient (Wildman–Crippen LogP) is 5.50. The molecule has 0 fully saturated rings. The van der Waals surface area contributed by atoms with Crippen LogP contribution in [0.2, 0.25) is 5.02 Å². The van der Waals surface area contributed by atoms with Gasteiger partial charge >= 0.3 is 0 Å². The first-order valence-electron chi connectivity index (χ1n) is 10.4. The lowest BCUT2D eigenvalue weighted by atomic mass is 9.87. The highest BCUT2D eigenvalue weighted by molar-refractivity contribution is 6.32. The fraction of sp³-hybridized carbons (Fsp3) is 0.333. The monoisotopic (exact) mass is 423 g/mol. The second-order valence-electron chi connectivity index (χ2n) is 7.93. The fourth-order valence-electron chi connectivity index (χ4n) is 3.89. The molecule has 30 heavy (non-hydrogen) atoms. The van der Waals surface area contributed by atoms with E-state index in [4.69, 9.17) is 16.3 Å². The number of hydrazone groups is 1. The molecule has 5 nitrogen and oxygen atoms in total. The van der Waals surface area contributed by atoms with E-state index in [1.54, 1.807) is 12.3 Å². The van der Waals surface area contributed by atoms with Gasteiger partial charge in [0.2, 0.25) is 0 Å². The summed E-state index contributed by atoms with van der Waals surface area (Å²) in [6.45, 7) is 4.94. The molecule has 0 aliphatic heterocycles. The van der Waals surface area contributed by atoms with Crippen LogP contribution < -0.4 is 10.2 Å². The van der Waals surface area contributed by atoms with Gasteiger partial charge < -0.3 is 9.72 Å². The summed E-state index contributed by atoms with van der Waals surface area (Å²) >= 11 is 6.24. The number of hydrogen-bond acceptors (Lipinski definition) is 3. The van der Waals surface area contributed by atoms with Gasteiger partial charge in [-0.15, -0.1) is 0 Å². The van der Waals surface area contributed by atoms with Crippen molar-refractivity contribution in [3.63, 3.8) is 0 Å². The topological polar surface area (TPSA) is 66.5 Å². The van der Waals surface area contributed by atoms with Crippen LogP contribution in [0.3, 0.4) is 0 Å². The lowest BCUT2D eigenvalue weighted by molar-refractivity contribution is 0.0955. The predicted molar refractivity (Wildman–Crippen MR) is 122 cm³/mol. The number of carbonyl (C=O) groups excluding carboxylic acids is 1. The van der Waals surface area contributed by atoms with Crippen molar-refractivity contribution >= 4 is 34.6 Å². The Morgan fingerprint density at radius 2 is 2.20 bits per heavy atom. The average Bonchev–Trinajstić information content (AvgIpc) is 3.10. The molecule has 0 radical (unpaired) electrons. The van der Waals surface area contributed by atoms with E-state index in [0.29, 0.717) is 28.9 Å². The molecule has 0 bridgehead atoms. The molecule has 1 unspecified atom stereocenters. The summed E-state index contributed by atoms with van der Waals surface area (Å²) in [4.78, 5) is 16.1. The van der Waals surface area contributed by atoms with Gasteiger partial charge in [-0.3, -0.25) is 4.79 Å². The van der Waals surface area contributed by atoms with Crippen molar-refractivity contribution in [1.29, 1.82) is 0 Å². The molecule has 0 saturated heterocycles. The molecule has 156 valence electrons. The molecule has 1 heterocycles. The maximum Gasteiger partial charge on any atom is 0.271 e. The zero-order chi connectivity index (χ0) is 21.1. The van der Waals surface area contributed by atoms with Gasteiger partial charge in [-0.1, -0.05) is 25.4 Å². The minimum atomic E-state index is -0.235. The van der Waals surface area contributed by atoms with Crippen LogP contribution in [0.15, 0.2) is 41.5 Å². The van der Waals surface area contributed by atoms with Crippen molar-refractivity contribution < 1.29 is 9.53 Å². The molecular weight excluding hydrogens is 398 g/mol. The van der Waals surface area contributed by atoms with Crippen molar-refractivity contribution in [3.8, 4) is 5.75 Å². The number of ether oxygens (including phenoxy) is 1. The van der Waals surface area contributed by atoms with Gasteiger partial charge in [0.15, 0.2) is 0 Å². The highest BCUT2D eigenvalue weighted by atomic mass is 35.5. The summed E-state index contributed by atoms with van der Waals surface area (Å²) < 4.78 is 5.57. The third-order valence-electron chi connectivity index (χ3n) is 5.49. The Bertz CT molecular complexity index is 1100. The second kappa shape index (κ2) is 8.92. The number of halogens is 1. The van der Waals surface area contributed by atoms with Gasteiger partial charge in [0.05, 0.1) is 17.8 Å². The van der Waals surface area contributed by atoms with Gasteiger partial charge in [0, 0.05) is 22.2 Å². The van der Waals surface area contributed by atoms with E-state index in [2.05, 4.69) is 22.4 Å². The average molecular weight is 424 g/mol. The van der Waals surface area contributed by atoms with Crippen LogP contribution in [-0.4, -0.2) is 23.7 Å². The number of hydrogen-bond donors (Lipinski definition) is 2. The van der Waals surface area contributed by atoms with E-state index in [0.717, 1.165) is 35.7 Å². The van der Waals surface area contributed by atoms with E-state index in [1.807, 2.05) is 37.3 Å². The summed E-state index contributed by atoms with van der Waals surface area (Å²) in [5.74, 6) is 1.09. The number of H-pyrrole nitrogens is 1. The number of nitrogens with zero attached hydrogens (tertiary/aromatic N) is 1. The number of fused-ring (bicyclic) bond motifs is 3. The number of aromatic amines is 1. The van der Waals surface area contributed by atoms with Gasteiger partial charge in [-0.05, 0) is 79.1 Å². The van der Waals surface area contributed by atoms with E-state index in [-0.39, 0.29) is 5.91 Å². The molecular formula is C24H26ClN3O2. The molecule has 4 rings (SSSR count). The molecule has 2 aromatic carbocycles. The van der Waals surface area contributed by atoms with Crippen LogP contribution in [-0.2, 0) is 12.8 Å². The van der Waals surface area contributed by atoms with Crippen LogP contribution in [0.4, 0.5) is 0 Å². The first-order chi connectivity index (χ1) is 14.5. The van der Waals surface area contributed by atoms with Gasteiger partial charge in [0.25, 0.3) is 5.91 Å². The third kappa shape index (κ3) is 4.36. The number of aryl methyl sites for hydroxylation is 1. The van der Waals surface area contributed by atoms with Gasteiger partial charge in [0.1, 0.15) is 5.75 Å². The first kappa shape index (κ1) is 20.5. The minimum Gasteiger partial charge on any atom is -0.492 e. The maximum atomic E-state index is 12.6. The molecule has 3 aromatic rings. The lowest BCUT2D eigenvalue weighted by Crippen LogP contribution is -2.17. The van der Waals surface area contributed by atoms with Gasteiger partial charge in [-0.25, -0.2) is 5.43 Å². The maximum absolute atomic E-state index is 12.6. The fourth-order valence-corrected chi connectivity index (χ4v) is 4.13. The molecule has 1 amide bonds. The smallest absolute Gasteiger partial charge is 0.271 e. The van der Waals surface area contributed by atoms with Crippen LogP contribution in [0.25, 0.3) is 10.9 Å².